The number of anilines is 3. The van der Waals surface area contributed by atoms with Gasteiger partial charge in [-0.3, -0.25) is 33.8 Å². The van der Waals surface area contributed by atoms with Gasteiger partial charge in [0.05, 0.1) is 51.7 Å². The van der Waals surface area contributed by atoms with Crippen molar-refractivity contribution in [2.75, 3.05) is 15.1 Å². The van der Waals surface area contributed by atoms with Crippen LogP contribution in [0, 0.1) is 23.7 Å². The molecule has 14 heteroatoms. The van der Waals surface area contributed by atoms with Crippen molar-refractivity contribution >= 4 is 64.5 Å². The molecule has 0 spiro atoms. The van der Waals surface area contributed by atoms with E-state index in [0.717, 1.165) is 11.1 Å². The summed E-state index contributed by atoms with van der Waals surface area (Å²) in [5.41, 5.74) is 3.48. The van der Waals surface area contributed by atoms with Crippen LogP contribution in [0.15, 0.2) is 170 Å². The summed E-state index contributed by atoms with van der Waals surface area (Å²) in [6.07, 6.45) is 9.83. The Bertz CT molecular complexity index is 3130. The van der Waals surface area contributed by atoms with E-state index < -0.39 is 23.8 Å². The lowest BCUT2D eigenvalue weighted by Gasteiger charge is -2.15. The smallest absolute Gasteiger partial charge is 0.343 e. The standard InChI is InChI=1S/C56H41N3O11/c60-49(57-39-9-6-10-44(32-39)70-55(66)36-17-25-41(26-18-36)59-52(63)47-13-3-4-14-48(47)53(59)64)37-7-5-8-38(31-37)56(67)69-43-29-21-34(22-30-43)33-19-27-42(28-20-33)68-54(65)35-15-23-40(24-16-35)58-50(61)45-11-1-2-12-46(45)51(58)62/h1-10,15-32,45-48H,11-14H2,(H,57,60). The average molecular weight is 932 g/mol. The number of rotatable bonds is 11. The minimum Gasteiger partial charge on any atom is -0.423 e. The predicted octanol–water partition coefficient (Wildman–Crippen LogP) is 9.17. The monoisotopic (exact) mass is 931 g/mol. The Hall–Kier alpha value is -9.04. The van der Waals surface area contributed by atoms with Crippen LogP contribution in [0.5, 0.6) is 17.2 Å². The van der Waals surface area contributed by atoms with Gasteiger partial charge in [0.1, 0.15) is 17.2 Å². The molecule has 10 rings (SSSR count). The fourth-order valence-electron chi connectivity index (χ4n) is 9.16. The highest BCUT2D eigenvalue weighted by Crippen LogP contribution is 2.39. The van der Waals surface area contributed by atoms with Crippen molar-refractivity contribution in [1.29, 1.82) is 0 Å². The molecular weight excluding hydrogens is 891 g/mol. The second kappa shape index (κ2) is 18.9. The molecule has 70 heavy (non-hydrogen) atoms. The first-order chi connectivity index (χ1) is 34.0. The maximum atomic E-state index is 13.3. The molecule has 0 radical (unpaired) electrons. The van der Waals surface area contributed by atoms with E-state index in [1.165, 1.54) is 58.3 Å². The number of imide groups is 2. The first kappa shape index (κ1) is 44.8. The second-order valence-corrected chi connectivity index (χ2v) is 17.2. The van der Waals surface area contributed by atoms with E-state index in [2.05, 4.69) is 5.32 Å². The second-order valence-electron chi connectivity index (χ2n) is 17.2. The molecule has 0 saturated carbocycles. The zero-order valence-electron chi connectivity index (χ0n) is 37.2. The molecule has 346 valence electrons. The molecule has 1 N–H and O–H groups in total. The van der Waals surface area contributed by atoms with Crippen LogP contribution < -0.4 is 29.3 Å². The summed E-state index contributed by atoms with van der Waals surface area (Å²) in [5, 5.41) is 2.75. The molecule has 2 aliphatic carbocycles. The van der Waals surface area contributed by atoms with E-state index in [0.29, 0.717) is 48.5 Å². The quantitative estimate of drug-likeness (QED) is 0.0566. The summed E-state index contributed by atoms with van der Waals surface area (Å²) in [4.78, 5) is 107. The Morgan fingerprint density at radius 1 is 0.400 bits per heavy atom. The molecule has 6 aromatic rings. The normalized spacial score (nSPS) is 19.1. The number of amides is 5. The topological polar surface area (TPSA) is 183 Å². The zero-order valence-corrected chi connectivity index (χ0v) is 37.2. The summed E-state index contributed by atoms with van der Waals surface area (Å²) in [6, 6.07) is 38.2. The van der Waals surface area contributed by atoms with Gasteiger partial charge >= 0.3 is 17.9 Å². The highest BCUT2D eigenvalue weighted by Gasteiger charge is 2.49. The number of fused-ring (bicyclic) bond motifs is 2. The molecule has 4 aliphatic rings. The van der Waals surface area contributed by atoms with Gasteiger partial charge in [0.2, 0.25) is 23.6 Å². The molecule has 5 amide bonds. The molecule has 6 aromatic carbocycles. The number of hydrogen-bond donors (Lipinski definition) is 1. The van der Waals surface area contributed by atoms with E-state index in [9.17, 15) is 38.4 Å². The van der Waals surface area contributed by atoms with Gasteiger partial charge in [0.15, 0.2) is 0 Å². The third kappa shape index (κ3) is 8.93. The number of benzene rings is 6. The van der Waals surface area contributed by atoms with E-state index in [4.69, 9.17) is 14.2 Å². The summed E-state index contributed by atoms with van der Waals surface area (Å²) >= 11 is 0. The van der Waals surface area contributed by atoms with Crippen LogP contribution in [-0.2, 0) is 19.2 Å². The fourth-order valence-corrected chi connectivity index (χ4v) is 9.16. The van der Waals surface area contributed by atoms with Crippen molar-refractivity contribution in [3.63, 3.8) is 0 Å². The number of carbonyl (C=O) groups excluding carboxylic acids is 8. The number of esters is 3. The van der Waals surface area contributed by atoms with E-state index in [1.54, 1.807) is 97.1 Å². The summed E-state index contributed by atoms with van der Waals surface area (Å²) < 4.78 is 16.8. The highest BCUT2D eigenvalue weighted by molar-refractivity contribution is 6.23. The highest BCUT2D eigenvalue weighted by atomic mass is 16.5. The summed E-state index contributed by atoms with van der Waals surface area (Å²) in [6.45, 7) is 0. The Morgan fingerprint density at radius 3 is 1.23 bits per heavy atom. The largest absolute Gasteiger partial charge is 0.423 e. The van der Waals surface area contributed by atoms with Crippen LogP contribution in [0.1, 0.15) is 67.1 Å². The molecule has 2 heterocycles. The van der Waals surface area contributed by atoms with Crippen LogP contribution in [0.3, 0.4) is 0 Å². The molecule has 0 bridgehead atoms. The van der Waals surface area contributed by atoms with Crippen LogP contribution in [-0.4, -0.2) is 47.4 Å². The van der Waals surface area contributed by atoms with Gasteiger partial charge in [0.25, 0.3) is 5.91 Å². The van der Waals surface area contributed by atoms with Gasteiger partial charge in [-0.1, -0.05) is 60.7 Å². The van der Waals surface area contributed by atoms with Gasteiger partial charge < -0.3 is 19.5 Å². The molecular formula is C56H41N3O11. The lowest BCUT2D eigenvalue weighted by molar-refractivity contribution is -0.124. The van der Waals surface area contributed by atoms with E-state index in [-0.39, 0.29) is 81.1 Å². The number of nitrogens with one attached hydrogen (secondary N) is 1. The minimum atomic E-state index is -0.688. The molecule has 4 atom stereocenters. The number of ether oxygens (including phenoxy) is 3. The Kier molecular flexibility index (Phi) is 12.1. The van der Waals surface area contributed by atoms with Crippen molar-refractivity contribution in [2.45, 2.75) is 25.7 Å². The maximum Gasteiger partial charge on any atom is 0.343 e. The molecule has 0 aromatic heterocycles. The lowest BCUT2D eigenvalue weighted by Crippen LogP contribution is -2.30. The van der Waals surface area contributed by atoms with Crippen LogP contribution >= 0.6 is 0 Å². The van der Waals surface area contributed by atoms with Crippen molar-refractivity contribution in [1.82, 2.24) is 0 Å². The minimum absolute atomic E-state index is 0.132. The summed E-state index contributed by atoms with van der Waals surface area (Å²) in [7, 11) is 0. The predicted molar refractivity (Wildman–Crippen MR) is 256 cm³/mol. The first-order valence-corrected chi connectivity index (χ1v) is 22.6. The number of allylic oxidation sites excluding steroid dienone is 4. The molecule has 4 unspecified atom stereocenters. The van der Waals surface area contributed by atoms with Crippen molar-refractivity contribution < 1.29 is 52.6 Å². The van der Waals surface area contributed by atoms with Crippen molar-refractivity contribution in [3.05, 3.63) is 192 Å². The molecule has 14 nitrogen and oxygen atoms in total. The van der Waals surface area contributed by atoms with Gasteiger partial charge in [-0.05, 0) is 140 Å². The Balaban J connectivity index is 0.705. The van der Waals surface area contributed by atoms with E-state index >= 15 is 0 Å². The van der Waals surface area contributed by atoms with Gasteiger partial charge in [0, 0.05) is 17.3 Å². The Labute approximate surface area is 400 Å². The van der Waals surface area contributed by atoms with E-state index in [1.807, 2.05) is 24.3 Å². The summed E-state index contributed by atoms with van der Waals surface area (Å²) in [5.74, 6) is -4.15. The van der Waals surface area contributed by atoms with Gasteiger partial charge in [-0.25, -0.2) is 14.4 Å². The van der Waals surface area contributed by atoms with Crippen LogP contribution in [0.2, 0.25) is 0 Å². The molecule has 2 fully saturated rings. The lowest BCUT2D eigenvalue weighted by atomic mass is 9.85. The number of nitrogens with zero attached hydrogens (tertiary/aromatic N) is 2. The molecule has 2 saturated heterocycles. The van der Waals surface area contributed by atoms with Gasteiger partial charge in [-0.2, -0.15) is 0 Å². The maximum absolute atomic E-state index is 13.3. The van der Waals surface area contributed by atoms with Crippen LogP contribution in [0.25, 0.3) is 11.1 Å². The Morgan fingerprint density at radius 2 is 0.786 bits per heavy atom. The number of carbonyl (C=O) groups is 8. The average Bonchev–Trinajstić information content (AvgIpc) is 3.80. The van der Waals surface area contributed by atoms with Crippen molar-refractivity contribution in [3.8, 4) is 28.4 Å². The number of hydrogen-bond acceptors (Lipinski definition) is 11. The molecule has 2 aliphatic heterocycles. The van der Waals surface area contributed by atoms with Crippen molar-refractivity contribution in [2.24, 2.45) is 23.7 Å². The third-order valence-corrected chi connectivity index (χ3v) is 12.9. The SMILES string of the molecule is O=C(Nc1cccc(OC(=O)c2ccc(N3C(=O)C4CC=CCC4C3=O)cc2)c1)c1cccc(C(=O)Oc2ccc(-c3ccc(OC(=O)c4ccc(N5C(=O)C6CC=CCC6C5=O)cc4)cc3)cc2)c1. The van der Waals surface area contributed by atoms with Crippen LogP contribution in [0.4, 0.5) is 17.1 Å². The van der Waals surface area contributed by atoms with Gasteiger partial charge in [-0.15, -0.1) is 0 Å². The fraction of sp³-hybridized carbons (Fsp3) is 0.143. The first-order valence-electron chi connectivity index (χ1n) is 22.6. The third-order valence-electron chi connectivity index (χ3n) is 12.9. The zero-order chi connectivity index (χ0) is 48.5.